The van der Waals surface area contributed by atoms with Crippen LogP contribution in [0.15, 0.2) is 27.9 Å². The molecule has 0 atom stereocenters. The Morgan fingerprint density at radius 1 is 1.68 bits per heavy atom. The molecule has 2 rings (SSSR count). The lowest BCUT2D eigenvalue weighted by Gasteiger charge is -1.99. The minimum Gasteiger partial charge on any atom is -0.271 e. The number of nitrogens with zero attached hydrogens (tertiary/aromatic N) is 3. The van der Waals surface area contributed by atoms with Crippen molar-refractivity contribution in [2.24, 2.45) is 5.10 Å². The quantitative estimate of drug-likeness (QED) is 0.683. The number of thiophene rings is 1. The smallest absolute Gasteiger partial charge is 0.261 e. The van der Waals surface area contributed by atoms with Crippen molar-refractivity contribution in [3.8, 4) is 0 Å². The Kier molecular flexibility index (Phi) is 4.43. The number of carbonyl (C=O) groups is 1. The first-order valence-corrected chi connectivity index (χ1v) is 6.92. The molecule has 0 saturated heterocycles. The first-order valence-electron chi connectivity index (χ1n) is 5.31. The maximum absolute atomic E-state index is 12.7. The zero-order valence-electron chi connectivity index (χ0n) is 9.93. The topological polar surface area (TPSA) is 59.3 Å². The number of halogens is 2. The standard InChI is InChI=1S/C11H10BrFN4OS/c1-7-9(12)5-17(16-7)6-11(18)15-14-4-8-2-3-10(13)19-8/h2-5H,6H2,1H3,(H,15,18)/b14-4-. The van der Waals surface area contributed by atoms with Crippen LogP contribution in [-0.4, -0.2) is 21.9 Å². The highest BCUT2D eigenvalue weighted by atomic mass is 79.9. The maximum Gasteiger partial charge on any atom is 0.261 e. The van der Waals surface area contributed by atoms with Crippen molar-refractivity contribution in [3.05, 3.63) is 38.5 Å². The highest BCUT2D eigenvalue weighted by Gasteiger charge is 2.05. The van der Waals surface area contributed by atoms with E-state index in [0.29, 0.717) is 4.88 Å². The molecule has 0 spiro atoms. The molecule has 2 aromatic heterocycles. The van der Waals surface area contributed by atoms with Gasteiger partial charge in [-0.3, -0.25) is 9.48 Å². The second-order valence-electron chi connectivity index (χ2n) is 3.70. The largest absolute Gasteiger partial charge is 0.271 e. The van der Waals surface area contributed by atoms with E-state index in [4.69, 9.17) is 0 Å². The third kappa shape index (κ3) is 3.97. The Morgan fingerprint density at radius 2 is 2.47 bits per heavy atom. The van der Waals surface area contributed by atoms with E-state index in [-0.39, 0.29) is 17.6 Å². The molecule has 0 fully saturated rings. The van der Waals surface area contributed by atoms with Gasteiger partial charge < -0.3 is 0 Å². The van der Waals surface area contributed by atoms with Crippen LogP contribution in [0.4, 0.5) is 4.39 Å². The fourth-order valence-corrected chi connectivity index (χ4v) is 2.24. The Balaban J connectivity index is 1.86. The van der Waals surface area contributed by atoms with Gasteiger partial charge in [0, 0.05) is 6.20 Å². The summed E-state index contributed by atoms with van der Waals surface area (Å²) in [6, 6.07) is 2.93. The van der Waals surface area contributed by atoms with Crippen LogP contribution in [0.3, 0.4) is 0 Å². The summed E-state index contributed by atoms with van der Waals surface area (Å²) in [4.78, 5) is 12.2. The predicted molar refractivity (Wildman–Crippen MR) is 74.7 cm³/mol. The normalized spacial score (nSPS) is 11.1. The number of hydrogen-bond donors (Lipinski definition) is 1. The van der Waals surface area contributed by atoms with Crippen molar-refractivity contribution in [1.82, 2.24) is 15.2 Å². The summed E-state index contributed by atoms with van der Waals surface area (Å²) < 4.78 is 15.0. The number of hydrogen-bond acceptors (Lipinski definition) is 4. The number of aryl methyl sites for hydroxylation is 1. The molecule has 0 aliphatic heterocycles. The molecule has 2 heterocycles. The van der Waals surface area contributed by atoms with E-state index in [1.165, 1.54) is 17.0 Å². The van der Waals surface area contributed by atoms with Gasteiger partial charge in [-0.25, -0.2) is 5.43 Å². The third-order valence-corrected chi connectivity index (χ3v) is 3.75. The lowest BCUT2D eigenvalue weighted by Crippen LogP contribution is -2.23. The van der Waals surface area contributed by atoms with E-state index in [0.717, 1.165) is 21.5 Å². The Bertz CT molecular complexity index is 602. The summed E-state index contributed by atoms with van der Waals surface area (Å²) >= 11 is 4.27. The molecule has 0 aliphatic rings. The van der Waals surface area contributed by atoms with Crippen LogP contribution in [0.25, 0.3) is 0 Å². The molecule has 2 aromatic rings. The van der Waals surface area contributed by atoms with E-state index in [9.17, 15) is 9.18 Å². The second kappa shape index (κ2) is 6.07. The van der Waals surface area contributed by atoms with Gasteiger partial charge in [0.15, 0.2) is 5.13 Å². The van der Waals surface area contributed by atoms with Gasteiger partial charge in [-0.05, 0) is 35.0 Å². The van der Waals surface area contributed by atoms with Gasteiger partial charge in [-0.1, -0.05) is 0 Å². The first-order chi connectivity index (χ1) is 9.04. The summed E-state index contributed by atoms with van der Waals surface area (Å²) in [5, 5.41) is 7.59. The highest BCUT2D eigenvalue weighted by molar-refractivity contribution is 9.10. The lowest BCUT2D eigenvalue weighted by atomic mass is 10.5. The number of aromatic nitrogens is 2. The monoisotopic (exact) mass is 344 g/mol. The summed E-state index contributed by atoms with van der Waals surface area (Å²) in [6.07, 6.45) is 3.11. The SMILES string of the molecule is Cc1nn(CC(=O)N/N=C\c2ccc(F)s2)cc1Br. The molecule has 0 bridgehead atoms. The van der Waals surface area contributed by atoms with Crippen molar-refractivity contribution < 1.29 is 9.18 Å². The molecule has 1 amide bonds. The summed E-state index contributed by atoms with van der Waals surface area (Å²) in [7, 11) is 0. The van der Waals surface area contributed by atoms with Gasteiger partial charge in [0.25, 0.3) is 5.91 Å². The van der Waals surface area contributed by atoms with Gasteiger partial charge in [0.1, 0.15) is 6.54 Å². The molecule has 100 valence electrons. The van der Waals surface area contributed by atoms with E-state index in [2.05, 4.69) is 31.6 Å². The summed E-state index contributed by atoms with van der Waals surface area (Å²) in [6.45, 7) is 1.91. The first kappa shape index (κ1) is 13.9. The van der Waals surface area contributed by atoms with E-state index < -0.39 is 0 Å². The fraction of sp³-hybridized carbons (Fsp3) is 0.182. The van der Waals surface area contributed by atoms with Crippen molar-refractivity contribution in [3.63, 3.8) is 0 Å². The molecule has 0 unspecified atom stereocenters. The van der Waals surface area contributed by atoms with Gasteiger partial charge >= 0.3 is 0 Å². The number of carbonyl (C=O) groups excluding carboxylic acids is 1. The lowest BCUT2D eigenvalue weighted by molar-refractivity contribution is -0.121. The van der Waals surface area contributed by atoms with E-state index in [1.54, 1.807) is 12.3 Å². The second-order valence-corrected chi connectivity index (χ2v) is 5.61. The van der Waals surface area contributed by atoms with Crippen LogP contribution >= 0.6 is 27.3 Å². The Labute approximate surface area is 121 Å². The van der Waals surface area contributed by atoms with Crippen molar-refractivity contribution >= 4 is 39.4 Å². The molecule has 0 radical (unpaired) electrons. The molecule has 0 aromatic carbocycles. The fourth-order valence-electron chi connectivity index (χ4n) is 1.32. The van der Waals surface area contributed by atoms with Crippen LogP contribution in [0.2, 0.25) is 0 Å². The number of hydrazone groups is 1. The number of rotatable bonds is 4. The van der Waals surface area contributed by atoms with Gasteiger partial charge in [-0.2, -0.15) is 14.6 Å². The minimum absolute atomic E-state index is 0.0720. The zero-order valence-corrected chi connectivity index (χ0v) is 12.3. The van der Waals surface area contributed by atoms with Gasteiger partial charge in [0.2, 0.25) is 0 Å². The average molecular weight is 345 g/mol. The minimum atomic E-state index is -0.303. The number of amides is 1. The van der Waals surface area contributed by atoms with E-state index in [1.807, 2.05) is 6.92 Å². The van der Waals surface area contributed by atoms with Crippen LogP contribution < -0.4 is 5.43 Å². The van der Waals surface area contributed by atoms with Gasteiger partial charge in [0.05, 0.1) is 21.3 Å². The average Bonchev–Trinajstić information content (AvgIpc) is 2.86. The maximum atomic E-state index is 12.7. The predicted octanol–water partition coefficient (Wildman–Crippen LogP) is 2.30. The molecular formula is C11H10BrFN4OS. The summed E-state index contributed by atoms with van der Waals surface area (Å²) in [5.41, 5.74) is 3.17. The van der Waals surface area contributed by atoms with Gasteiger partial charge in [-0.15, -0.1) is 11.3 Å². The molecule has 19 heavy (non-hydrogen) atoms. The molecule has 0 saturated carbocycles. The Morgan fingerprint density at radius 3 is 3.05 bits per heavy atom. The van der Waals surface area contributed by atoms with Crippen molar-refractivity contribution in [2.75, 3.05) is 0 Å². The third-order valence-electron chi connectivity index (χ3n) is 2.17. The highest BCUT2D eigenvalue weighted by Crippen LogP contribution is 2.13. The molecule has 5 nitrogen and oxygen atoms in total. The molecular weight excluding hydrogens is 335 g/mol. The van der Waals surface area contributed by atoms with Crippen LogP contribution in [0.1, 0.15) is 10.6 Å². The molecule has 0 aliphatic carbocycles. The molecule has 1 N–H and O–H groups in total. The van der Waals surface area contributed by atoms with Crippen molar-refractivity contribution in [1.29, 1.82) is 0 Å². The van der Waals surface area contributed by atoms with E-state index >= 15 is 0 Å². The Hall–Kier alpha value is -1.54. The van der Waals surface area contributed by atoms with Crippen molar-refractivity contribution in [2.45, 2.75) is 13.5 Å². The summed E-state index contributed by atoms with van der Waals surface area (Å²) in [5.74, 6) is -0.303. The van der Waals surface area contributed by atoms with Crippen LogP contribution in [0.5, 0.6) is 0 Å². The van der Waals surface area contributed by atoms with Crippen LogP contribution in [0, 0.1) is 12.1 Å². The zero-order chi connectivity index (χ0) is 13.8. The van der Waals surface area contributed by atoms with Crippen LogP contribution in [-0.2, 0) is 11.3 Å². The molecule has 8 heteroatoms. The number of nitrogens with one attached hydrogen (secondary N) is 1.